The van der Waals surface area contributed by atoms with Gasteiger partial charge in [-0.05, 0) is 28.1 Å². The van der Waals surface area contributed by atoms with Crippen molar-refractivity contribution in [1.29, 1.82) is 0 Å². The summed E-state index contributed by atoms with van der Waals surface area (Å²) in [7, 11) is -3.72. The van der Waals surface area contributed by atoms with Crippen molar-refractivity contribution in [2.24, 2.45) is 0 Å². The first-order valence-electron chi connectivity index (χ1n) is 5.94. The fraction of sp³-hybridized carbons (Fsp3) is 0.455. The highest BCUT2D eigenvalue weighted by atomic mass is 79.9. The number of aliphatic carboxylic acids is 1. The summed E-state index contributed by atoms with van der Waals surface area (Å²) in [4.78, 5) is 16.8. The predicted octanol–water partition coefficient (Wildman–Crippen LogP) is 0.381. The van der Waals surface area contributed by atoms with Crippen molar-refractivity contribution in [2.75, 3.05) is 36.8 Å². The molecule has 2 rings (SSSR count). The molecule has 1 aromatic heterocycles. The third-order valence-corrected chi connectivity index (χ3v) is 5.21. The first-order valence-corrected chi connectivity index (χ1v) is 8.35. The molecule has 0 atom stereocenters. The van der Waals surface area contributed by atoms with Crippen LogP contribution in [0.2, 0.25) is 0 Å². The second-order valence-electron chi connectivity index (χ2n) is 4.37. The number of hydrogen-bond acceptors (Lipinski definition) is 5. The van der Waals surface area contributed by atoms with Gasteiger partial charge < -0.3 is 10.0 Å². The molecule has 0 aliphatic carbocycles. The second-order valence-corrected chi connectivity index (χ2v) is 7.26. The van der Waals surface area contributed by atoms with Crippen molar-refractivity contribution in [1.82, 2.24) is 9.29 Å². The molecule has 0 saturated carbocycles. The van der Waals surface area contributed by atoms with Gasteiger partial charge in [-0.3, -0.25) is 4.79 Å². The summed E-state index contributed by atoms with van der Waals surface area (Å²) >= 11 is 3.30. The Labute approximate surface area is 125 Å². The van der Waals surface area contributed by atoms with E-state index in [0.717, 1.165) is 10.3 Å². The number of aromatic nitrogens is 1. The largest absolute Gasteiger partial charge is 0.480 e. The van der Waals surface area contributed by atoms with Gasteiger partial charge in [-0.15, -0.1) is 0 Å². The molecule has 7 nitrogen and oxygen atoms in total. The summed E-state index contributed by atoms with van der Waals surface area (Å²) in [6.07, 6.45) is 1.68. The Balaban J connectivity index is 1.99. The van der Waals surface area contributed by atoms with E-state index in [1.807, 2.05) is 17.0 Å². The molecule has 1 N–H and O–H groups in total. The van der Waals surface area contributed by atoms with Crippen LogP contribution < -0.4 is 4.90 Å². The maximum Gasteiger partial charge on any atom is 0.320 e. The monoisotopic (exact) mass is 363 g/mol. The van der Waals surface area contributed by atoms with Crippen molar-refractivity contribution >= 4 is 37.7 Å². The highest BCUT2D eigenvalue weighted by Crippen LogP contribution is 2.17. The molecule has 1 aliphatic heterocycles. The Morgan fingerprint density at radius 2 is 1.95 bits per heavy atom. The van der Waals surface area contributed by atoms with E-state index in [-0.39, 0.29) is 13.1 Å². The minimum absolute atomic E-state index is 0.271. The molecule has 0 spiro atoms. The molecule has 1 saturated heterocycles. The van der Waals surface area contributed by atoms with Crippen LogP contribution in [0.3, 0.4) is 0 Å². The molecule has 1 aromatic rings. The molecule has 20 heavy (non-hydrogen) atoms. The number of sulfonamides is 1. The highest BCUT2D eigenvalue weighted by Gasteiger charge is 2.29. The zero-order valence-electron chi connectivity index (χ0n) is 10.6. The van der Waals surface area contributed by atoms with Crippen LogP contribution in [0.15, 0.2) is 22.8 Å². The number of carboxylic acids is 1. The Kier molecular flexibility index (Phi) is 4.61. The van der Waals surface area contributed by atoms with Crippen LogP contribution in [0.4, 0.5) is 5.82 Å². The van der Waals surface area contributed by atoms with E-state index in [1.54, 1.807) is 6.20 Å². The minimum Gasteiger partial charge on any atom is -0.480 e. The Morgan fingerprint density at radius 3 is 2.45 bits per heavy atom. The first-order chi connectivity index (χ1) is 9.38. The second kappa shape index (κ2) is 6.06. The van der Waals surface area contributed by atoms with Crippen LogP contribution >= 0.6 is 15.9 Å². The third kappa shape index (κ3) is 3.68. The SMILES string of the molecule is O=C(O)CS(=O)(=O)N1CCN(c2ccc(Br)cn2)CC1. The molecule has 9 heteroatoms. The Bertz CT molecular complexity index is 582. The van der Waals surface area contributed by atoms with Crippen LogP contribution in [0.5, 0.6) is 0 Å². The molecule has 0 amide bonds. The van der Waals surface area contributed by atoms with E-state index in [9.17, 15) is 13.2 Å². The van der Waals surface area contributed by atoms with Gasteiger partial charge in [-0.1, -0.05) is 0 Å². The van der Waals surface area contributed by atoms with Gasteiger partial charge in [-0.2, -0.15) is 4.31 Å². The number of anilines is 1. The molecule has 110 valence electrons. The van der Waals surface area contributed by atoms with Crippen LogP contribution in [-0.4, -0.2) is 60.7 Å². The van der Waals surface area contributed by atoms with Crippen molar-refractivity contribution in [3.8, 4) is 0 Å². The van der Waals surface area contributed by atoms with Crippen molar-refractivity contribution in [2.45, 2.75) is 0 Å². The van der Waals surface area contributed by atoms with Crippen molar-refractivity contribution in [3.63, 3.8) is 0 Å². The third-order valence-electron chi connectivity index (χ3n) is 2.97. The fourth-order valence-electron chi connectivity index (χ4n) is 2.00. The zero-order valence-corrected chi connectivity index (χ0v) is 13.0. The molecule has 0 aromatic carbocycles. The van der Waals surface area contributed by atoms with Crippen LogP contribution in [-0.2, 0) is 14.8 Å². The van der Waals surface area contributed by atoms with Crippen molar-refractivity contribution < 1.29 is 18.3 Å². The van der Waals surface area contributed by atoms with E-state index >= 15 is 0 Å². The topological polar surface area (TPSA) is 90.8 Å². The molecule has 0 unspecified atom stereocenters. The molecule has 2 heterocycles. The lowest BCUT2D eigenvalue weighted by atomic mass is 10.3. The number of carbonyl (C=O) groups is 1. The van der Waals surface area contributed by atoms with E-state index < -0.39 is 21.7 Å². The van der Waals surface area contributed by atoms with Gasteiger partial charge in [0.05, 0.1) is 0 Å². The van der Waals surface area contributed by atoms with Crippen LogP contribution in [0.25, 0.3) is 0 Å². The van der Waals surface area contributed by atoms with Gasteiger partial charge in [0, 0.05) is 36.8 Å². The highest BCUT2D eigenvalue weighted by molar-refractivity contribution is 9.10. The normalized spacial score (nSPS) is 17.1. The standard InChI is InChI=1S/C11H14BrN3O4S/c12-9-1-2-10(13-7-9)14-3-5-15(6-4-14)20(18,19)8-11(16)17/h1-2,7H,3-6,8H2,(H,16,17). The summed E-state index contributed by atoms with van der Waals surface area (Å²) in [5.41, 5.74) is 0. The number of carboxylic acid groups (broad SMARTS) is 1. The molecular weight excluding hydrogens is 350 g/mol. The maximum atomic E-state index is 11.8. The molecule has 0 radical (unpaired) electrons. The van der Waals surface area contributed by atoms with Gasteiger partial charge in [0.25, 0.3) is 0 Å². The fourth-order valence-corrected chi connectivity index (χ4v) is 3.45. The van der Waals surface area contributed by atoms with Gasteiger partial charge in [0.15, 0.2) is 5.75 Å². The number of piperazine rings is 1. The lowest BCUT2D eigenvalue weighted by Gasteiger charge is -2.34. The number of rotatable bonds is 4. The lowest BCUT2D eigenvalue weighted by molar-refractivity contribution is -0.134. The molecule has 1 fully saturated rings. The summed E-state index contributed by atoms with van der Waals surface area (Å²) in [6.45, 7) is 1.53. The van der Waals surface area contributed by atoms with Crippen LogP contribution in [0, 0.1) is 0 Å². The van der Waals surface area contributed by atoms with E-state index in [1.165, 1.54) is 4.31 Å². The summed E-state index contributed by atoms with van der Waals surface area (Å²) in [6, 6.07) is 3.72. The quantitative estimate of drug-likeness (QED) is 0.831. The number of pyridine rings is 1. The smallest absolute Gasteiger partial charge is 0.320 e. The molecule has 1 aliphatic rings. The Hall–Kier alpha value is -1.19. The first kappa shape index (κ1) is 15.2. The van der Waals surface area contributed by atoms with Gasteiger partial charge in [0.1, 0.15) is 5.82 Å². The van der Waals surface area contributed by atoms with Gasteiger partial charge in [-0.25, -0.2) is 13.4 Å². The van der Waals surface area contributed by atoms with Gasteiger partial charge >= 0.3 is 5.97 Å². The van der Waals surface area contributed by atoms with E-state index in [0.29, 0.717) is 13.1 Å². The summed E-state index contributed by atoms with van der Waals surface area (Å²) < 4.78 is 25.7. The van der Waals surface area contributed by atoms with Crippen LogP contribution in [0.1, 0.15) is 0 Å². The lowest BCUT2D eigenvalue weighted by Crippen LogP contribution is -2.50. The zero-order chi connectivity index (χ0) is 14.8. The summed E-state index contributed by atoms with van der Waals surface area (Å²) in [5, 5.41) is 8.61. The Morgan fingerprint density at radius 1 is 1.30 bits per heavy atom. The average molecular weight is 364 g/mol. The minimum atomic E-state index is -3.72. The number of hydrogen-bond donors (Lipinski definition) is 1. The van der Waals surface area contributed by atoms with Crippen molar-refractivity contribution in [3.05, 3.63) is 22.8 Å². The number of nitrogens with zero attached hydrogens (tertiary/aromatic N) is 3. The molecular formula is C11H14BrN3O4S. The summed E-state index contributed by atoms with van der Waals surface area (Å²) in [5.74, 6) is -1.41. The maximum absolute atomic E-state index is 11.8. The van der Waals surface area contributed by atoms with E-state index in [4.69, 9.17) is 5.11 Å². The van der Waals surface area contributed by atoms with E-state index in [2.05, 4.69) is 20.9 Å². The average Bonchev–Trinajstić information content (AvgIpc) is 2.38. The number of halogens is 1. The van der Waals surface area contributed by atoms with Gasteiger partial charge in [0.2, 0.25) is 10.0 Å². The predicted molar refractivity (Wildman–Crippen MR) is 77.1 cm³/mol. The molecule has 0 bridgehead atoms.